The molecule has 2 aromatic heterocycles. The van der Waals surface area contributed by atoms with Gasteiger partial charge in [-0.2, -0.15) is 5.10 Å². The zero-order chi connectivity index (χ0) is 18.8. The maximum absolute atomic E-state index is 13.0. The van der Waals surface area contributed by atoms with Crippen LogP contribution in [0.25, 0.3) is 11.3 Å². The summed E-state index contributed by atoms with van der Waals surface area (Å²) >= 11 is 0. The summed E-state index contributed by atoms with van der Waals surface area (Å²) in [5, 5.41) is 7.13. The molecular weight excluding hydrogens is 344 g/mol. The molecule has 8 nitrogen and oxygen atoms in total. The van der Waals surface area contributed by atoms with Gasteiger partial charge in [-0.05, 0) is 31.9 Å². The second-order valence-corrected chi connectivity index (χ2v) is 6.76. The van der Waals surface area contributed by atoms with Gasteiger partial charge in [-0.3, -0.25) is 19.7 Å². The van der Waals surface area contributed by atoms with Gasteiger partial charge in [-0.25, -0.2) is 4.98 Å². The van der Waals surface area contributed by atoms with E-state index in [9.17, 15) is 9.59 Å². The van der Waals surface area contributed by atoms with Crippen LogP contribution in [0.2, 0.25) is 0 Å². The van der Waals surface area contributed by atoms with Crippen LogP contribution in [0.1, 0.15) is 40.8 Å². The smallest absolute Gasteiger partial charge is 0.266 e. The van der Waals surface area contributed by atoms with E-state index in [2.05, 4.69) is 25.1 Å². The minimum absolute atomic E-state index is 0.0277. The van der Waals surface area contributed by atoms with E-state index < -0.39 is 0 Å². The van der Waals surface area contributed by atoms with E-state index in [1.54, 1.807) is 18.3 Å². The number of likely N-dealkylation sites (tertiary alicyclic amines) is 1. The lowest BCUT2D eigenvalue weighted by molar-refractivity contribution is 0.0704. The summed E-state index contributed by atoms with van der Waals surface area (Å²) in [5.41, 5.74) is 1.66. The van der Waals surface area contributed by atoms with Crippen molar-refractivity contribution in [1.29, 1.82) is 0 Å². The van der Waals surface area contributed by atoms with Crippen molar-refractivity contribution < 1.29 is 4.79 Å². The number of carbonyl (C=O) groups excluding carboxylic acids is 1. The zero-order valence-corrected chi connectivity index (χ0v) is 15.0. The van der Waals surface area contributed by atoms with Gasteiger partial charge in [0.2, 0.25) is 0 Å². The molecule has 0 aliphatic carbocycles. The average molecular weight is 364 g/mol. The molecule has 138 valence electrons. The largest absolute Gasteiger partial charge is 0.338 e. The normalized spacial score (nSPS) is 17.1. The fraction of sp³-hybridized carbons (Fsp3) is 0.316. The molecule has 3 aromatic rings. The number of benzene rings is 1. The lowest BCUT2D eigenvalue weighted by Gasteiger charge is -2.31. The van der Waals surface area contributed by atoms with Crippen molar-refractivity contribution in [3.05, 3.63) is 64.2 Å². The Bertz CT molecular complexity index is 1020. The van der Waals surface area contributed by atoms with E-state index in [4.69, 9.17) is 0 Å². The quantitative estimate of drug-likeness (QED) is 0.738. The van der Waals surface area contributed by atoms with Gasteiger partial charge in [0.1, 0.15) is 5.82 Å². The van der Waals surface area contributed by atoms with Crippen LogP contribution in [-0.4, -0.2) is 49.0 Å². The predicted molar refractivity (Wildman–Crippen MR) is 99.3 cm³/mol. The Morgan fingerprint density at radius 2 is 2.19 bits per heavy atom. The standard InChI is InChI=1S/C19H20N6O2/c1-12-21-18(24-23-12)15-6-3-7-25(11-15)19(27)14-5-2-4-13(8-14)16-9-20-10-17(26)22-16/h2,4-5,8-10,15H,3,6-7,11H2,1H3,(H,22,26)(H,21,23,24). The molecule has 3 heterocycles. The number of nitrogens with one attached hydrogen (secondary N) is 2. The maximum atomic E-state index is 13.0. The highest BCUT2D eigenvalue weighted by Crippen LogP contribution is 2.26. The summed E-state index contributed by atoms with van der Waals surface area (Å²) in [7, 11) is 0. The number of H-pyrrole nitrogens is 2. The third kappa shape index (κ3) is 3.64. The van der Waals surface area contributed by atoms with E-state index in [0.29, 0.717) is 24.3 Å². The summed E-state index contributed by atoms with van der Waals surface area (Å²) in [6.07, 6.45) is 4.68. The fourth-order valence-corrected chi connectivity index (χ4v) is 3.44. The highest BCUT2D eigenvalue weighted by Gasteiger charge is 2.27. The van der Waals surface area contributed by atoms with Crippen LogP contribution in [0.4, 0.5) is 0 Å². The molecule has 4 rings (SSSR count). The fourth-order valence-electron chi connectivity index (χ4n) is 3.44. The number of piperidine rings is 1. The number of nitrogens with zero attached hydrogens (tertiary/aromatic N) is 4. The van der Waals surface area contributed by atoms with Crippen LogP contribution in [0.3, 0.4) is 0 Å². The lowest BCUT2D eigenvalue weighted by atomic mass is 9.96. The summed E-state index contributed by atoms with van der Waals surface area (Å²) in [4.78, 5) is 37.4. The molecule has 0 radical (unpaired) electrons. The van der Waals surface area contributed by atoms with E-state index in [1.807, 2.05) is 24.0 Å². The van der Waals surface area contributed by atoms with Crippen molar-refractivity contribution in [2.24, 2.45) is 0 Å². The summed E-state index contributed by atoms with van der Waals surface area (Å²) in [6, 6.07) is 7.24. The maximum Gasteiger partial charge on any atom is 0.266 e. The van der Waals surface area contributed by atoms with E-state index >= 15 is 0 Å². The molecule has 1 unspecified atom stereocenters. The first-order valence-corrected chi connectivity index (χ1v) is 8.93. The minimum atomic E-state index is -0.273. The van der Waals surface area contributed by atoms with Gasteiger partial charge >= 0.3 is 0 Å². The SMILES string of the molecule is Cc1nc(C2CCCN(C(=O)c3cccc(-c4cncc(=O)[nH]4)c3)C2)n[nH]1. The molecule has 1 atom stereocenters. The number of carbonyl (C=O) groups is 1. The average Bonchev–Trinajstić information content (AvgIpc) is 3.14. The van der Waals surface area contributed by atoms with Crippen LogP contribution in [0, 0.1) is 6.92 Å². The molecule has 0 spiro atoms. The Kier molecular flexibility index (Phi) is 4.53. The second kappa shape index (κ2) is 7.14. The third-order valence-corrected chi connectivity index (χ3v) is 4.76. The lowest BCUT2D eigenvalue weighted by Crippen LogP contribution is -2.39. The van der Waals surface area contributed by atoms with Gasteiger partial charge in [0.05, 0.1) is 18.1 Å². The van der Waals surface area contributed by atoms with Crippen LogP contribution in [0.5, 0.6) is 0 Å². The molecule has 2 N–H and O–H groups in total. The van der Waals surface area contributed by atoms with Crippen LogP contribution >= 0.6 is 0 Å². The van der Waals surface area contributed by atoms with E-state index in [-0.39, 0.29) is 17.4 Å². The van der Waals surface area contributed by atoms with Gasteiger partial charge < -0.3 is 9.88 Å². The zero-order valence-electron chi connectivity index (χ0n) is 15.0. The Balaban J connectivity index is 1.55. The van der Waals surface area contributed by atoms with Crippen molar-refractivity contribution >= 4 is 5.91 Å². The number of aromatic amines is 2. The second-order valence-electron chi connectivity index (χ2n) is 6.76. The van der Waals surface area contributed by atoms with Gasteiger partial charge in [0, 0.05) is 30.1 Å². The van der Waals surface area contributed by atoms with Crippen LogP contribution < -0.4 is 5.56 Å². The Hall–Kier alpha value is -3.29. The Morgan fingerprint density at radius 3 is 2.96 bits per heavy atom. The number of amides is 1. The van der Waals surface area contributed by atoms with E-state index in [0.717, 1.165) is 30.1 Å². The van der Waals surface area contributed by atoms with Gasteiger partial charge in [-0.15, -0.1) is 0 Å². The number of aromatic nitrogens is 5. The summed E-state index contributed by atoms with van der Waals surface area (Å²) in [6.45, 7) is 3.19. The van der Waals surface area contributed by atoms with Gasteiger partial charge in [0.25, 0.3) is 11.5 Å². The first-order chi connectivity index (χ1) is 13.1. The molecule has 1 aromatic carbocycles. The summed E-state index contributed by atoms with van der Waals surface area (Å²) in [5.74, 6) is 1.67. The monoisotopic (exact) mass is 364 g/mol. The molecule has 1 saturated heterocycles. The number of hydrogen-bond acceptors (Lipinski definition) is 5. The highest BCUT2D eigenvalue weighted by atomic mass is 16.2. The van der Waals surface area contributed by atoms with Crippen molar-refractivity contribution in [2.75, 3.05) is 13.1 Å². The molecule has 1 aliphatic rings. The highest BCUT2D eigenvalue weighted by molar-refractivity contribution is 5.95. The number of hydrogen-bond donors (Lipinski definition) is 2. The van der Waals surface area contributed by atoms with Crippen molar-refractivity contribution in [3.63, 3.8) is 0 Å². The number of aryl methyl sites for hydroxylation is 1. The minimum Gasteiger partial charge on any atom is -0.338 e. The van der Waals surface area contributed by atoms with Gasteiger partial charge in [-0.1, -0.05) is 12.1 Å². The Labute approximate surface area is 155 Å². The topological polar surface area (TPSA) is 108 Å². The molecule has 8 heteroatoms. The van der Waals surface area contributed by atoms with Crippen molar-refractivity contribution in [2.45, 2.75) is 25.7 Å². The molecule has 1 fully saturated rings. The van der Waals surface area contributed by atoms with E-state index in [1.165, 1.54) is 6.20 Å². The van der Waals surface area contributed by atoms with Crippen molar-refractivity contribution in [3.8, 4) is 11.3 Å². The predicted octanol–water partition coefficient (Wildman–Crippen LogP) is 1.88. The molecule has 27 heavy (non-hydrogen) atoms. The third-order valence-electron chi connectivity index (χ3n) is 4.76. The molecule has 0 bridgehead atoms. The van der Waals surface area contributed by atoms with Gasteiger partial charge in [0.15, 0.2) is 5.82 Å². The molecule has 1 amide bonds. The van der Waals surface area contributed by atoms with Crippen molar-refractivity contribution in [1.82, 2.24) is 30.0 Å². The van der Waals surface area contributed by atoms with Crippen LogP contribution in [-0.2, 0) is 0 Å². The Morgan fingerprint density at radius 1 is 1.30 bits per heavy atom. The molecule has 0 saturated carbocycles. The first-order valence-electron chi connectivity index (χ1n) is 8.93. The number of rotatable bonds is 3. The molecular formula is C19H20N6O2. The first kappa shape index (κ1) is 17.1. The summed E-state index contributed by atoms with van der Waals surface area (Å²) < 4.78 is 0. The molecule has 1 aliphatic heterocycles. The van der Waals surface area contributed by atoms with Crippen LogP contribution in [0.15, 0.2) is 41.5 Å².